The minimum absolute atomic E-state index is 0.146. The molecule has 0 aliphatic carbocycles. The van der Waals surface area contributed by atoms with E-state index in [0.29, 0.717) is 29.3 Å². The zero-order valence-electron chi connectivity index (χ0n) is 13.0. The number of fused-ring (bicyclic) bond motifs is 1. The molecular weight excluding hydrogens is 327 g/mol. The van der Waals surface area contributed by atoms with Gasteiger partial charge >= 0.3 is 0 Å². The average Bonchev–Trinajstić information content (AvgIpc) is 3.29. The van der Waals surface area contributed by atoms with Crippen LogP contribution >= 0.6 is 0 Å². The van der Waals surface area contributed by atoms with E-state index in [2.05, 4.69) is 20.7 Å². The van der Waals surface area contributed by atoms with Crippen molar-refractivity contribution in [3.63, 3.8) is 0 Å². The molecule has 25 heavy (non-hydrogen) atoms. The maximum Gasteiger partial charge on any atom is 0.274 e. The van der Waals surface area contributed by atoms with Gasteiger partial charge < -0.3 is 14.8 Å². The molecule has 0 spiro atoms. The van der Waals surface area contributed by atoms with Gasteiger partial charge in [-0.2, -0.15) is 15.4 Å². The van der Waals surface area contributed by atoms with Crippen LogP contribution in [-0.4, -0.2) is 28.1 Å². The van der Waals surface area contributed by atoms with Crippen LogP contribution in [0.4, 0.5) is 4.39 Å². The standard InChI is InChI=1S/C17H13FN4O3/c18-12-4-2-11(3-5-12)15-16(21-22-20-15)17(23)19-8-10-1-6-13-14(7-10)25-9-24-13/h1-7H,8-9H2,(H,19,23)(H,20,21,22). The molecule has 0 bridgehead atoms. The second-order valence-electron chi connectivity index (χ2n) is 5.40. The van der Waals surface area contributed by atoms with Crippen LogP contribution in [0.3, 0.4) is 0 Å². The van der Waals surface area contributed by atoms with Crippen LogP contribution in [0.5, 0.6) is 11.5 Å². The van der Waals surface area contributed by atoms with Gasteiger partial charge in [-0.1, -0.05) is 6.07 Å². The van der Waals surface area contributed by atoms with Gasteiger partial charge in [-0.15, -0.1) is 0 Å². The summed E-state index contributed by atoms with van der Waals surface area (Å²) in [5, 5.41) is 13.1. The summed E-state index contributed by atoms with van der Waals surface area (Å²) in [5.41, 5.74) is 1.98. The van der Waals surface area contributed by atoms with E-state index in [4.69, 9.17) is 9.47 Å². The summed E-state index contributed by atoms with van der Waals surface area (Å²) in [4.78, 5) is 12.4. The van der Waals surface area contributed by atoms with Gasteiger partial charge in [0.25, 0.3) is 5.91 Å². The Morgan fingerprint density at radius 1 is 1.12 bits per heavy atom. The lowest BCUT2D eigenvalue weighted by molar-refractivity contribution is 0.0946. The molecule has 0 fully saturated rings. The van der Waals surface area contributed by atoms with Crippen LogP contribution < -0.4 is 14.8 Å². The van der Waals surface area contributed by atoms with Gasteiger partial charge in [-0.05, 0) is 42.0 Å². The number of benzene rings is 2. The number of nitrogens with one attached hydrogen (secondary N) is 2. The minimum atomic E-state index is -0.384. The topological polar surface area (TPSA) is 89.1 Å². The molecule has 4 rings (SSSR count). The quantitative estimate of drug-likeness (QED) is 0.760. The molecule has 0 saturated heterocycles. The third kappa shape index (κ3) is 3.01. The molecule has 2 aromatic carbocycles. The highest BCUT2D eigenvalue weighted by molar-refractivity contribution is 5.97. The number of nitrogens with zero attached hydrogens (tertiary/aromatic N) is 2. The Bertz CT molecular complexity index is 924. The van der Waals surface area contributed by atoms with Crippen LogP contribution in [0.15, 0.2) is 42.5 Å². The number of H-pyrrole nitrogens is 1. The first-order valence-electron chi connectivity index (χ1n) is 7.54. The van der Waals surface area contributed by atoms with Crippen LogP contribution in [0.2, 0.25) is 0 Å². The van der Waals surface area contributed by atoms with Gasteiger partial charge in [0.05, 0.1) is 0 Å². The second kappa shape index (κ2) is 6.23. The summed E-state index contributed by atoms with van der Waals surface area (Å²) >= 11 is 0. The third-order valence-electron chi connectivity index (χ3n) is 3.77. The number of hydrogen-bond acceptors (Lipinski definition) is 5. The number of hydrogen-bond donors (Lipinski definition) is 2. The van der Waals surface area contributed by atoms with Gasteiger partial charge in [0.1, 0.15) is 11.5 Å². The van der Waals surface area contributed by atoms with Crippen molar-refractivity contribution in [2.75, 3.05) is 6.79 Å². The Hall–Kier alpha value is -3.42. The van der Waals surface area contributed by atoms with Crippen molar-refractivity contribution in [1.29, 1.82) is 0 Å². The van der Waals surface area contributed by atoms with Gasteiger partial charge in [-0.25, -0.2) is 4.39 Å². The molecule has 1 aliphatic heterocycles. The van der Waals surface area contributed by atoms with Crippen molar-refractivity contribution in [1.82, 2.24) is 20.7 Å². The smallest absolute Gasteiger partial charge is 0.274 e. The SMILES string of the molecule is O=C(NCc1ccc2c(c1)OCO2)c1n[nH]nc1-c1ccc(F)cc1. The first-order valence-corrected chi connectivity index (χ1v) is 7.54. The molecule has 1 aromatic heterocycles. The van der Waals surface area contributed by atoms with Crippen LogP contribution in [0.1, 0.15) is 16.1 Å². The lowest BCUT2D eigenvalue weighted by Crippen LogP contribution is -2.23. The van der Waals surface area contributed by atoms with E-state index in [0.717, 1.165) is 5.56 Å². The molecule has 2 heterocycles. The van der Waals surface area contributed by atoms with Crippen molar-refractivity contribution in [3.8, 4) is 22.8 Å². The van der Waals surface area contributed by atoms with Crippen LogP contribution in [0, 0.1) is 5.82 Å². The second-order valence-corrected chi connectivity index (χ2v) is 5.40. The number of aromatic nitrogens is 3. The van der Waals surface area contributed by atoms with Crippen LogP contribution in [0.25, 0.3) is 11.3 Å². The number of ether oxygens (including phenoxy) is 2. The van der Waals surface area contributed by atoms with Crippen molar-refractivity contribution in [2.45, 2.75) is 6.54 Å². The lowest BCUT2D eigenvalue weighted by Gasteiger charge is -2.06. The Labute approximate surface area is 141 Å². The highest BCUT2D eigenvalue weighted by Gasteiger charge is 2.18. The molecule has 0 atom stereocenters. The third-order valence-corrected chi connectivity index (χ3v) is 3.77. The fourth-order valence-electron chi connectivity index (χ4n) is 2.52. The van der Waals surface area contributed by atoms with Gasteiger partial charge in [0.2, 0.25) is 6.79 Å². The zero-order valence-corrected chi connectivity index (χ0v) is 13.0. The Kier molecular flexibility index (Phi) is 3.77. The number of carbonyl (C=O) groups is 1. The van der Waals surface area contributed by atoms with E-state index in [9.17, 15) is 9.18 Å². The molecule has 0 unspecified atom stereocenters. The molecular formula is C17H13FN4O3. The van der Waals surface area contributed by atoms with Gasteiger partial charge in [0.15, 0.2) is 17.2 Å². The van der Waals surface area contributed by atoms with E-state index in [-0.39, 0.29) is 24.2 Å². The molecule has 1 amide bonds. The maximum absolute atomic E-state index is 13.0. The normalized spacial score (nSPS) is 12.2. The Morgan fingerprint density at radius 3 is 2.76 bits per heavy atom. The summed E-state index contributed by atoms with van der Waals surface area (Å²) in [6, 6.07) is 11.1. The minimum Gasteiger partial charge on any atom is -0.454 e. The predicted octanol–water partition coefficient (Wildman–Crippen LogP) is 2.27. The van der Waals surface area contributed by atoms with Crippen LogP contribution in [-0.2, 0) is 6.54 Å². The first kappa shape index (κ1) is 15.1. The predicted molar refractivity (Wildman–Crippen MR) is 85.5 cm³/mol. The molecule has 0 saturated carbocycles. The van der Waals surface area contributed by atoms with Crippen molar-refractivity contribution in [2.24, 2.45) is 0 Å². The summed E-state index contributed by atoms with van der Waals surface area (Å²) < 4.78 is 23.6. The monoisotopic (exact) mass is 340 g/mol. The first-order chi connectivity index (χ1) is 12.2. The number of carbonyl (C=O) groups excluding carboxylic acids is 1. The number of halogens is 1. The lowest BCUT2D eigenvalue weighted by atomic mass is 10.1. The van der Waals surface area contributed by atoms with Crippen molar-refractivity contribution >= 4 is 5.91 Å². The van der Waals surface area contributed by atoms with E-state index < -0.39 is 0 Å². The highest BCUT2D eigenvalue weighted by atomic mass is 19.1. The molecule has 3 aromatic rings. The summed E-state index contributed by atoms with van der Waals surface area (Å²) in [7, 11) is 0. The van der Waals surface area contributed by atoms with Gasteiger partial charge in [0, 0.05) is 12.1 Å². The average molecular weight is 340 g/mol. The summed E-state index contributed by atoms with van der Waals surface area (Å²) in [6.07, 6.45) is 0. The van der Waals surface area contributed by atoms with Crippen molar-refractivity contribution < 1.29 is 18.7 Å². The largest absolute Gasteiger partial charge is 0.454 e. The highest BCUT2D eigenvalue weighted by Crippen LogP contribution is 2.32. The summed E-state index contributed by atoms with van der Waals surface area (Å²) in [5.74, 6) is 0.595. The number of amides is 1. The van der Waals surface area contributed by atoms with Crippen molar-refractivity contribution in [3.05, 3.63) is 59.5 Å². The van der Waals surface area contributed by atoms with E-state index in [1.54, 1.807) is 18.2 Å². The maximum atomic E-state index is 13.0. The Balaban J connectivity index is 1.49. The summed E-state index contributed by atoms with van der Waals surface area (Å²) in [6.45, 7) is 0.496. The van der Waals surface area contributed by atoms with Gasteiger partial charge in [-0.3, -0.25) is 4.79 Å². The van der Waals surface area contributed by atoms with E-state index in [1.165, 1.54) is 12.1 Å². The van der Waals surface area contributed by atoms with E-state index >= 15 is 0 Å². The molecule has 0 radical (unpaired) electrons. The Morgan fingerprint density at radius 2 is 1.92 bits per heavy atom. The van der Waals surface area contributed by atoms with E-state index in [1.807, 2.05) is 12.1 Å². The fourth-order valence-corrected chi connectivity index (χ4v) is 2.52. The fraction of sp³-hybridized carbons (Fsp3) is 0.118. The molecule has 126 valence electrons. The molecule has 8 heteroatoms. The molecule has 2 N–H and O–H groups in total. The number of aromatic amines is 1. The molecule has 1 aliphatic rings. The molecule has 7 nitrogen and oxygen atoms in total. The number of rotatable bonds is 4. The zero-order chi connectivity index (χ0) is 17.2.